The highest BCUT2D eigenvalue weighted by Crippen LogP contribution is 2.52. The lowest BCUT2D eigenvalue weighted by atomic mass is 9.99. The molecule has 0 saturated carbocycles. The second-order valence-electron chi connectivity index (χ2n) is 13.3. The molecule has 27 heteroatoms. The van der Waals surface area contributed by atoms with E-state index in [1.54, 1.807) is 32.0 Å². The van der Waals surface area contributed by atoms with Crippen molar-refractivity contribution in [3.8, 4) is 11.5 Å². The molecule has 0 aliphatic carbocycles. The molecular formula is C48H56F8O19. The van der Waals surface area contributed by atoms with Crippen molar-refractivity contribution in [2.24, 2.45) is 0 Å². The van der Waals surface area contributed by atoms with Gasteiger partial charge in [-0.05, 0) is 26.0 Å². The highest BCUT2D eigenvalue weighted by Gasteiger charge is 2.81. The fourth-order valence-corrected chi connectivity index (χ4v) is 3.58. The van der Waals surface area contributed by atoms with Gasteiger partial charge in [-0.1, -0.05) is 58.7 Å². The summed E-state index contributed by atoms with van der Waals surface area (Å²) < 4.78 is 157. The molecule has 1 rings (SSSR count). The van der Waals surface area contributed by atoms with Gasteiger partial charge in [-0.25, -0.2) is 38.4 Å². The minimum absolute atomic E-state index is 0.153. The van der Waals surface area contributed by atoms with Gasteiger partial charge in [-0.2, -0.15) is 35.1 Å². The monoisotopic (exact) mass is 1090 g/mol. The molecule has 1 aromatic carbocycles. The first kappa shape index (κ1) is 71.5. The van der Waals surface area contributed by atoms with Crippen LogP contribution < -0.4 is 9.47 Å². The predicted molar refractivity (Wildman–Crippen MR) is 247 cm³/mol. The van der Waals surface area contributed by atoms with Crippen molar-refractivity contribution in [3.63, 3.8) is 0 Å². The first-order valence-corrected chi connectivity index (χ1v) is 20.8. The van der Waals surface area contributed by atoms with Crippen LogP contribution in [-0.4, -0.2) is 151 Å². The molecule has 418 valence electrons. The molecule has 0 aliphatic heterocycles. The predicted octanol–water partition coefficient (Wildman–Crippen LogP) is 6.58. The van der Waals surface area contributed by atoms with Crippen LogP contribution in [0.3, 0.4) is 0 Å². The Morgan fingerprint density at radius 1 is 0.413 bits per heavy atom. The Morgan fingerprint density at radius 3 is 0.933 bits per heavy atom. The third kappa shape index (κ3) is 32.1. The summed E-state index contributed by atoms with van der Waals surface area (Å²) in [5, 5.41) is 0. The average molecular weight is 1090 g/mol. The number of halogens is 8. The van der Waals surface area contributed by atoms with Crippen molar-refractivity contribution in [3.05, 3.63) is 124 Å². The largest absolute Gasteiger partial charge is 0.460 e. The average Bonchev–Trinajstić information content (AvgIpc) is 3.37. The van der Waals surface area contributed by atoms with E-state index in [9.17, 15) is 73.5 Å². The third-order valence-electron chi connectivity index (χ3n) is 7.28. The molecule has 1 aromatic rings. The molecule has 0 unspecified atom stereocenters. The van der Waals surface area contributed by atoms with Crippen LogP contribution in [0.25, 0.3) is 0 Å². The Balaban J connectivity index is -0.000000933. The summed E-state index contributed by atoms with van der Waals surface area (Å²) in [5.41, 5.74) is 0.695. The molecule has 0 saturated heterocycles. The minimum atomic E-state index is -6.65. The maximum Gasteiger partial charge on any atom is 0.381 e. The summed E-state index contributed by atoms with van der Waals surface area (Å²) in [6.45, 7) is 25.8. The van der Waals surface area contributed by atoms with Gasteiger partial charge in [0.05, 0.1) is 39.6 Å². The molecule has 0 bridgehead atoms. The van der Waals surface area contributed by atoms with Crippen LogP contribution in [0.5, 0.6) is 11.5 Å². The summed E-state index contributed by atoms with van der Waals surface area (Å²) in [5.74, 6) is -30.8. The molecule has 0 amide bonds. The Labute approximate surface area is 425 Å². The normalized spacial score (nSPS) is 10.6. The SMILES string of the molecule is C=C(C)C(=O)OCCOCCOC(=O)C(=C)C.C=CC(=O)OCC(F)(F)C(F)(F)C(F)(F)C(F)(F)COC(=O)C=C.C=CC(=O)OCCOCCOCCOC(=O)C=C.C=CC(=O)Oc1cccc(OC(=O)C=C)c1. The molecule has 0 aromatic heterocycles. The van der Waals surface area contributed by atoms with Crippen LogP contribution in [0.15, 0.2) is 124 Å². The summed E-state index contributed by atoms with van der Waals surface area (Å²) >= 11 is 0. The molecule has 0 spiro atoms. The first-order chi connectivity index (χ1) is 35.0. The van der Waals surface area contributed by atoms with E-state index in [2.05, 4.69) is 71.6 Å². The van der Waals surface area contributed by atoms with E-state index in [1.807, 2.05) is 0 Å². The Morgan fingerprint density at radius 2 is 0.667 bits per heavy atom. The Kier molecular flexibility index (Phi) is 37.0. The van der Waals surface area contributed by atoms with Gasteiger partial charge in [0.1, 0.15) is 37.9 Å². The summed E-state index contributed by atoms with van der Waals surface area (Å²) in [4.78, 5) is 86.0. The lowest BCUT2D eigenvalue weighted by Gasteiger charge is -2.36. The van der Waals surface area contributed by atoms with Crippen LogP contribution in [0, 0.1) is 0 Å². The molecule has 0 N–H and O–H groups in total. The third-order valence-corrected chi connectivity index (χ3v) is 7.28. The molecule has 0 atom stereocenters. The zero-order valence-electron chi connectivity index (χ0n) is 40.7. The van der Waals surface area contributed by atoms with Crippen molar-refractivity contribution < 1.29 is 126 Å². The van der Waals surface area contributed by atoms with E-state index in [0.29, 0.717) is 37.6 Å². The van der Waals surface area contributed by atoms with Gasteiger partial charge >= 0.3 is 71.4 Å². The van der Waals surface area contributed by atoms with Gasteiger partial charge in [0, 0.05) is 53.7 Å². The second kappa shape index (κ2) is 38.8. The van der Waals surface area contributed by atoms with Crippen molar-refractivity contribution in [2.75, 3.05) is 79.3 Å². The van der Waals surface area contributed by atoms with Crippen LogP contribution in [-0.2, 0) is 81.0 Å². The van der Waals surface area contributed by atoms with Crippen LogP contribution in [0.2, 0.25) is 0 Å². The molecule has 0 aliphatic rings. The van der Waals surface area contributed by atoms with E-state index in [0.717, 1.165) is 24.3 Å². The number of alkyl halides is 8. The standard InChI is InChI=1S/C12H10F8O4.C12H18O6.C12H18O5.C12H10O4/c1-3-7(21)23-5-9(13,14)11(17,18)12(19,20)10(15,16)6-24-8(22)4-2;1-3-11(13)17-9-7-15-5-6-16-8-10-18-12(14)4-2;1-9(2)11(13)16-7-5-15-6-8-17-12(14)10(3)4;1-3-11(13)15-9-6-5-7-10(8-9)16-12(14)4-2/h3-4H,1-2,5-6H2;3-4H,1-2,5-10H2;1,3,5-8H2,2,4H3;3-8H,1-2H2. The topological polar surface area (TPSA) is 238 Å². The van der Waals surface area contributed by atoms with Gasteiger partial charge in [0.15, 0.2) is 13.2 Å². The van der Waals surface area contributed by atoms with Crippen molar-refractivity contribution in [2.45, 2.75) is 37.5 Å². The Bertz CT molecular complexity index is 1980. The van der Waals surface area contributed by atoms with Crippen LogP contribution in [0.4, 0.5) is 35.1 Å². The van der Waals surface area contributed by atoms with E-state index >= 15 is 0 Å². The molecule has 19 nitrogen and oxygen atoms in total. The van der Waals surface area contributed by atoms with E-state index in [1.165, 1.54) is 6.07 Å². The maximum atomic E-state index is 13.3. The number of carbonyl (C=O) groups excluding carboxylic acids is 8. The van der Waals surface area contributed by atoms with Gasteiger partial charge in [-0.15, -0.1) is 0 Å². The highest BCUT2D eigenvalue weighted by atomic mass is 19.4. The van der Waals surface area contributed by atoms with Crippen LogP contribution >= 0.6 is 0 Å². The molecule has 0 heterocycles. The molecule has 0 radical (unpaired) electrons. The summed E-state index contributed by atoms with van der Waals surface area (Å²) in [7, 11) is 0. The zero-order chi connectivity index (χ0) is 58.3. The number of ether oxygens (including phenoxy) is 11. The molecule has 75 heavy (non-hydrogen) atoms. The zero-order valence-corrected chi connectivity index (χ0v) is 40.7. The van der Waals surface area contributed by atoms with E-state index < -0.39 is 84.7 Å². The molecule has 0 fully saturated rings. The van der Waals surface area contributed by atoms with Crippen molar-refractivity contribution >= 4 is 47.8 Å². The lowest BCUT2D eigenvalue weighted by Crippen LogP contribution is -2.64. The first-order valence-electron chi connectivity index (χ1n) is 20.8. The quantitative estimate of drug-likeness (QED) is 0.0185. The lowest BCUT2D eigenvalue weighted by molar-refractivity contribution is -0.374. The van der Waals surface area contributed by atoms with E-state index in [-0.39, 0.29) is 63.3 Å². The second-order valence-corrected chi connectivity index (χ2v) is 13.3. The van der Waals surface area contributed by atoms with Gasteiger partial charge in [-0.3, -0.25) is 0 Å². The van der Waals surface area contributed by atoms with Crippen molar-refractivity contribution in [1.29, 1.82) is 0 Å². The fraction of sp³-hybridized carbons (Fsp3) is 0.375. The molecular weight excluding hydrogens is 1030 g/mol. The number of carbonyl (C=O) groups is 8. The van der Waals surface area contributed by atoms with E-state index in [4.69, 9.17) is 33.2 Å². The minimum Gasteiger partial charge on any atom is -0.460 e. The number of esters is 8. The smallest absolute Gasteiger partial charge is 0.381 e. The summed E-state index contributed by atoms with van der Waals surface area (Å²) in [6, 6.07) is 6.14. The maximum absolute atomic E-state index is 13.3. The number of hydrogen-bond donors (Lipinski definition) is 0. The number of rotatable bonds is 32. The van der Waals surface area contributed by atoms with Crippen LogP contribution in [0.1, 0.15) is 13.8 Å². The number of benzene rings is 1. The van der Waals surface area contributed by atoms with Gasteiger partial charge < -0.3 is 52.1 Å². The number of hydrogen-bond acceptors (Lipinski definition) is 19. The van der Waals surface area contributed by atoms with Gasteiger partial charge in [0.2, 0.25) is 0 Å². The highest BCUT2D eigenvalue weighted by molar-refractivity contribution is 5.87. The summed E-state index contributed by atoms with van der Waals surface area (Å²) in [6.07, 6.45) is 4.79. The van der Waals surface area contributed by atoms with Crippen molar-refractivity contribution in [1.82, 2.24) is 0 Å². The van der Waals surface area contributed by atoms with Gasteiger partial charge in [0.25, 0.3) is 0 Å². The fourth-order valence-electron chi connectivity index (χ4n) is 3.58. The Hall–Kier alpha value is -7.78.